The molecule has 0 aromatic heterocycles. The third-order valence-corrected chi connectivity index (χ3v) is 6.76. The van der Waals surface area contributed by atoms with E-state index < -0.39 is 17.8 Å². The molecule has 1 saturated heterocycles. The van der Waals surface area contributed by atoms with Gasteiger partial charge in [-0.3, -0.25) is 14.5 Å². The third-order valence-electron chi connectivity index (χ3n) is 6.53. The summed E-state index contributed by atoms with van der Waals surface area (Å²) in [4.78, 5) is 30.6. The number of aryl methyl sites for hydroxylation is 1. The van der Waals surface area contributed by atoms with Gasteiger partial charge in [0.15, 0.2) is 0 Å². The zero-order valence-electron chi connectivity index (χ0n) is 21.0. The molecule has 0 aliphatic carbocycles. The number of nitrogens with zero attached hydrogens (tertiary/aromatic N) is 2. The highest BCUT2D eigenvalue weighted by Gasteiger charge is 2.37. The van der Waals surface area contributed by atoms with Crippen LogP contribution in [0.25, 0.3) is 0 Å². The molecule has 1 aliphatic heterocycles. The van der Waals surface area contributed by atoms with Gasteiger partial charge in [0.1, 0.15) is 29.2 Å². The Morgan fingerprint density at radius 1 is 1.11 bits per heavy atom. The van der Waals surface area contributed by atoms with Crippen molar-refractivity contribution in [2.24, 2.45) is 0 Å². The Labute approximate surface area is 222 Å². The molecule has 1 fully saturated rings. The lowest BCUT2D eigenvalue weighted by Crippen LogP contribution is -2.55. The van der Waals surface area contributed by atoms with Crippen LogP contribution in [0.1, 0.15) is 30.5 Å². The predicted octanol–water partition coefficient (Wildman–Crippen LogP) is 5.45. The first-order valence-electron chi connectivity index (χ1n) is 12.4. The molecule has 1 heterocycles. The number of piperazine rings is 1. The largest absolute Gasteiger partial charge is 0.457 e. The number of para-hydroxylation sites is 1. The summed E-state index contributed by atoms with van der Waals surface area (Å²) >= 11 is 6.07. The minimum atomic E-state index is -0.998. The number of alkyl halides is 1. The molecule has 2 amide bonds. The van der Waals surface area contributed by atoms with Crippen LogP contribution >= 0.6 is 11.6 Å². The van der Waals surface area contributed by atoms with Gasteiger partial charge in [0.25, 0.3) is 5.91 Å². The van der Waals surface area contributed by atoms with Crippen molar-refractivity contribution in [2.75, 3.05) is 30.4 Å². The van der Waals surface area contributed by atoms with Gasteiger partial charge in [0, 0.05) is 31.4 Å². The molecule has 4 rings (SSSR count). The van der Waals surface area contributed by atoms with Crippen molar-refractivity contribution >= 4 is 29.1 Å². The maximum Gasteiger partial charge on any atom is 0.250 e. The molecule has 2 unspecified atom stereocenters. The molecule has 0 saturated carbocycles. The maximum absolute atomic E-state index is 14.0. The molecule has 1 N–H and O–H groups in total. The van der Waals surface area contributed by atoms with Crippen molar-refractivity contribution in [1.82, 2.24) is 10.2 Å². The van der Waals surface area contributed by atoms with Gasteiger partial charge in [-0.25, -0.2) is 4.39 Å². The molecule has 3 aromatic rings. The van der Waals surface area contributed by atoms with Gasteiger partial charge in [-0.15, -0.1) is 11.6 Å². The number of halogens is 2. The molecule has 0 bridgehead atoms. The predicted molar refractivity (Wildman–Crippen MR) is 144 cm³/mol. The number of carbonyl (C=O) groups excluding carboxylic acids is 2. The van der Waals surface area contributed by atoms with E-state index in [1.807, 2.05) is 43.3 Å². The first-order valence-corrected chi connectivity index (χ1v) is 12.9. The van der Waals surface area contributed by atoms with Crippen molar-refractivity contribution in [3.05, 3.63) is 89.7 Å². The highest BCUT2D eigenvalue weighted by Crippen LogP contribution is 2.35. The SMILES string of the molecule is CCC1CN(C(=O)C(c2ccc(F)cc2)N(C(=O)CCl)c2ccc(Oc3ccccc3)cc2C)CCN1. The molecule has 194 valence electrons. The standard InChI is InChI=1S/C29H31ClFN3O3/c1-3-23-19-33(16-15-32-23)29(36)28(21-9-11-22(31)12-10-21)34(27(35)18-30)26-14-13-25(17-20(26)2)37-24-7-5-4-6-8-24/h4-14,17,23,28,32H,3,15-16,18-19H2,1-2H3. The number of anilines is 1. The molecule has 1 aliphatic rings. The van der Waals surface area contributed by atoms with E-state index in [9.17, 15) is 14.0 Å². The van der Waals surface area contributed by atoms with Crippen LogP contribution in [0, 0.1) is 12.7 Å². The molecule has 2 atom stereocenters. The Balaban J connectivity index is 1.74. The van der Waals surface area contributed by atoms with Crippen molar-refractivity contribution < 1.29 is 18.7 Å². The average Bonchev–Trinajstić information content (AvgIpc) is 2.93. The lowest BCUT2D eigenvalue weighted by Gasteiger charge is -2.39. The van der Waals surface area contributed by atoms with Gasteiger partial charge in [-0.2, -0.15) is 0 Å². The van der Waals surface area contributed by atoms with Crippen LogP contribution in [0.2, 0.25) is 0 Å². The van der Waals surface area contributed by atoms with Crippen LogP contribution in [-0.2, 0) is 9.59 Å². The summed E-state index contributed by atoms with van der Waals surface area (Å²) in [5.41, 5.74) is 1.79. The monoisotopic (exact) mass is 523 g/mol. The van der Waals surface area contributed by atoms with E-state index in [1.54, 1.807) is 29.2 Å². The number of amides is 2. The summed E-state index contributed by atoms with van der Waals surface area (Å²) in [7, 11) is 0. The van der Waals surface area contributed by atoms with E-state index in [0.29, 0.717) is 42.4 Å². The quantitative estimate of drug-likeness (QED) is 0.399. The second-order valence-electron chi connectivity index (χ2n) is 9.06. The van der Waals surface area contributed by atoms with E-state index in [4.69, 9.17) is 16.3 Å². The Kier molecular flexibility index (Phi) is 8.79. The van der Waals surface area contributed by atoms with Gasteiger partial charge in [0.2, 0.25) is 5.91 Å². The highest BCUT2D eigenvalue weighted by molar-refractivity contribution is 6.30. The molecule has 3 aromatic carbocycles. The summed E-state index contributed by atoms with van der Waals surface area (Å²) in [5, 5.41) is 3.41. The second kappa shape index (κ2) is 12.2. The first-order chi connectivity index (χ1) is 17.9. The summed E-state index contributed by atoms with van der Waals surface area (Å²) in [5.74, 6) is -0.0984. The van der Waals surface area contributed by atoms with E-state index in [-0.39, 0.29) is 17.8 Å². The zero-order chi connectivity index (χ0) is 26.4. The number of hydrogen-bond donors (Lipinski definition) is 1. The fraction of sp³-hybridized carbons (Fsp3) is 0.310. The van der Waals surface area contributed by atoms with E-state index >= 15 is 0 Å². The van der Waals surface area contributed by atoms with Gasteiger partial charge < -0.3 is 15.0 Å². The fourth-order valence-corrected chi connectivity index (χ4v) is 4.72. The molecule has 37 heavy (non-hydrogen) atoms. The van der Waals surface area contributed by atoms with Crippen molar-refractivity contribution in [2.45, 2.75) is 32.4 Å². The average molecular weight is 524 g/mol. The third kappa shape index (κ3) is 6.29. The van der Waals surface area contributed by atoms with Crippen molar-refractivity contribution in [3.8, 4) is 11.5 Å². The number of hydrogen-bond acceptors (Lipinski definition) is 4. The molecular weight excluding hydrogens is 493 g/mol. The van der Waals surface area contributed by atoms with Gasteiger partial charge >= 0.3 is 0 Å². The minimum absolute atomic E-state index is 0.167. The number of carbonyl (C=O) groups is 2. The van der Waals surface area contributed by atoms with Crippen LogP contribution in [0.3, 0.4) is 0 Å². The number of benzene rings is 3. The first kappa shape index (κ1) is 26.6. The van der Waals surface area contributed by atoms with Crippen LogP contribution in [0.5, 0.6) is 11.5 Å². The maximum atomic E-state index is 14.0. The van der Waals surface area contributed by atoms with E-state index in [2.05, 4.69) is 12.2 Å². The lowest BCUT2D eigenvalue weighted by molar-refractivity contribution is -0.135. The Bertz CT molecular complexity index is 1220. The number of rotatable bonds is 8. The molecule has 0 spiro atoms. The van der Waals surface area contributed by atoms with Gasteiger partial charge in [-0.1, -0.05) is 37.3 Å². The van der Waals surface area contributed by atoms with E-state index in [1.165, 1.54) is 17.0 Å². The molecular formula is C29H31ClFN3O3. The summed E-state index contributed by atoms with van der Waals surface area (Å²) < 4.78 is 19.8. The number of nitrogens with one attached hydrogen (secondary N) is 1. The Morgan fingerprint density at radius 2 is 1.84 bits per heavy atom. The Hall–Kier alpha value is -3.42. The Morgan fingerprint density at radius 3 is 2.49 bits per heavy atom. The topological polar surface area (TPSA) is 61.9 Å². The zero-order valence-corrected chi connectivity index (χ0v) is 21.7. The van der Waals surface area contributed by atoms with Crippen LogP contribution in [0.4, 0.5) is 10.1 Å². The van der Waals surface area contributed by atoms with Crippen LogP contribution < -0.4 is 15.0 Å². The summed E-state index contributed by atoms with van der Waals surface area (Å²) in [6, 6.07) is 19.6. The molecule has 8 heteroatoms. The second-order valence-corrected chi connectivity index (χ2v) is 9.33. The summed E-state index contributed by atoms with van der Waals surface area (Å²) in [6.07, 6.45) is 0.872. The lowest BCUT2D eigenvalue weighted by atomic mass is 10.00. The summed E-state index contributed by atoms with van der Waals surface area (Å²) in [6.45, 7) is 5.62. The van der Waals surface area contributed by atoms with Gasteiger partial charge in [0.05, 0.1) is 0 Å². The minimum Gasteiger partial charge on any atom is -0.457 e. The van der Waals surface area contributed by atoms with Crippen LogP contribution in [-0.4, -0.2) is 48.3 Å². The fourth-order valence-electron chi connectivity index (χ4n) is 4.59. The van der Waals surface area contributed by atoms with E-state index in [0.717, 1.165) is 12.0 Å². The van der Waals surface area contributed by atoms with Crippen LogP contribution in [0.15, 0.2) is 72.8 Å². The van der Waals surface area contributed by atoms with Crippen molar-refractivity contribution in [3.63, 3.8) is 0 Å². The molecule has 0 radical (unpaired) electrons. The van der Waals surface area contributed by atoms with Gasteiger partial charge in [-0.05, 0) is 66.9 Å². The van der Waals surface area contributed by atoms with Crippen molar-refractivity contribution in [1.29, 1.82) is 0 Å². The normalized spacial score (nSPS) is 16.2. The highest BCUT2D eigenvalue weighted by atomic mass is 35.5. The smallest absolute Gasteiger partial charge is 0.250 e. The number of ether oxygens (including phenoxy) is 1. The molecule has 6 nitrogen and oxygen atoms in total.